The van der Waals surface area contributed by atoms with Crippen molar-refractivity contribution in [1.82, 2.24) is 0 Å². The fraction of sp³-hybridized carbons (Fsp3) is 0.0714. The van der Waals surface area contributed by atoms with Crippen LogP contribution in [0.25, 0.3) is 0 Å². The van der Waals surface area contributed by atoms with E-state index in [2.05, 4.69) is 11.4 Å². The summed E-state index contributed by atoms with van der Waals surface area (Å²) >= 11 is 0. The second-order valence-electron chi connectivity index (χ2n) is 3.91. The number of anilines is 3. The highest BCUT2D eigenvalue weighted by atomic mass is 14.9. The van der Waals surface area contributed by atoms with Gasteiger partial charge in [-0.15, -0.1) is 0 Å². The van der Waals surface area contributed by atoms with Crippen LogP contribution in [0.3, 0.4) is 0 Å². The number of nitriles is 1. The van der Waals surface area contributed by atoms with E-state index in [1.807, 2.05) is 49.4 Å². The van der Waals surface area contributed by atoms with Crippen molar-refractivity contribution in [3.05, 3.63) is 53.6 Å². The van der Waals surface area contributed by atoms with Gasteiger partial charge >= 0.3 is 0 Å². The number of rotatable bonds is 2. The van der Waals surface area contributed by atoms with Crippen LogP contribution in [0.5, 0.6) is 0 Å². The van der Waals surface area contributed by atoms with Gasteiger partial charge in [0, 0.05) is 11.4 Å². The lowest BCUT2D eigenvalue weighted by Crippen LogP contribution is -1.94. The SMILES string of the molecule is Cc1ccc(Nc2ccc(N)cc2)c(C#N)c1. The highest BCUT2D eigenvalue weighted by molar-refractivity contribution is 5.67. The third-order valence-corrected chi connectivity index (χ3v) is 2.49. The first-order chi connectivity index (χ1) is 8.19. The van der Waals surface area contributed by atoms with Crippen molar-refractivity contribution in [2.45, 2.75) is 6.92 Å². The number of benzene rings is 2. The smallest absolute Gasteiger partial charge is 0.101 e. The molecule has 84 valence electrons. The van der Waals surface area contributed by atoms with E-state index >= 15 is 0 Å². The van der Waals surface area contributed by atoms with Gasteiger partial charge in [-0.2, -0.15) is 5.26 Å². The topological polar surface area (TPSA) is 61.8 Å². The lowest BCUT2D eigenvalue weighted by atomic mass is 10.1. The minimum Gasteiger partial charge on any atom is -0.399 e. The van der Waals surface area contributed by atoms with Gasteiger partial charge in [0.1, 0.15) is 6.07 Å². The number of hydrogen-bond donors (Lipinski definition) is 2. The van der Waals surface area contributed by atoms with E-state index < -0.39 is 0 Å². The fourth-order valence-corrected chi connectivity index (χ4v) is 1.58. The van der Waals surface area contributed by atoms with E-state index in [4.69, 9.17) is 11.0 Å². The molecule has 0 heterocycles. The third kappa shape index (κ3) is 2.56. The van der Waals surface area contributed by atoms with Gasteiger partial charge in [0.25, 0.3) is 0 Å². The molecule has 3 nitrogen and oxygen atoms in total. The zero-order chi connectivity index (χ0) is 12.3. The van der Waals surface area contributed by atoms with Crippen LogP contribution < -0.4 is 11.1 Å². The van der Waals surface area contributed by atoms with Crippen molar-refractivity contribution in [1.29, 1.82) is 5.26 Å². The van der Waals surface area contributed by atoms with Gasteiger partial charge in [0.05, 0.1) is 11.3 Å². The number of nitrogen functional groups attached to an aromatic ring is 1. The Labute approximate surface area is 101 Å². The molecule has 17 heavy (non-hydrogen) atoms. The number of nitrogens with zero attached hydrogens (tertiary/aromatic N) is 1. The summed E-state index contributed by atoms with van der Waals surface area (Å²) in [4.78, 5) is 0. The molecular weight excluding hydrogens is 210 g/mol. The molecule has 0 saturated carbocycles. The summed E-state index contributed by atoms with van der Waals surface area (Å²) in [6.07, 6.45) is 0. The molecule has 3 N–H and O–H groups in total. The number of hydrogen-bond acceptors (Lipinski definition) is 3. The summed E-state index contributed by atoms with van der Waals surface area (Å²) in [7, 11) is 0. The molecule has 0 fully saturated rings. The van der Waals surface area contributed by atoms with Gasteiger partial charge in [-0.25, -0.2) is 0 Å². The summed E-state index contributed by atoms with van der Waals surface area (Å²) in [5.41, 5.74) is 9.78. The largest absolute Gasteiger partial charge is 0.399 e. The maximum Gasteiger partial charge on any atom is 0.101 e. The normalized spacial score (nSPS) is 9.65. The van der Waals surface area contributed by atoms with Crippen LogP contribution in [0.1, 0.15) is 11.1 Å². The van der Waals surface area contributed by atoms with Crippen molar-refractivity contribution in [3.8, 4) is 6.07 Å². The quantitative estimate of drug-likeness (QED) is 0.768. The van der Waals surface area contributed by atoms with Crippen LogP contribution in [0.4, 0.5) is 17.1 Å². The number of nitrogens with one attached hydrogen (secondary N) is 1. The van der Waals surface area contributed by atoms with Crippen LogP contribution in [-0.4, -0.2) is 0 Å². The Hall–Kier alpha value is -2.47. The maximum atomic E-state index is 9.06. The Balaban J connectivity index is 2.30. The zero-order valence-corrected chi connectivity index (χ0v) is 9.57. The van der Waals surface area contributed by atoms with E-state index in [0.717, 1.165) is 22.6 Å². The first kappa shape index (κ1) is 11.0. The average Bonchev–Trinajstić information content (AvgIpc) is 2.34. The molecule has 2 aromatic carbocycles. The molecule has 0 aromatic heterocycles. The highest BCUT2D eigenvalue weighted by Crippen LogP contribution is 2.22. The molecule has 0 bridgehead atoms. The van der Waals surface area contributed by atoms with E-state index in [0.29, 0.717) is 5.56 Å². The van der Waals surface area contributed by atoms with Crippen LogP contribution >= 0.6 is 0 Å². The van der Waals surface area contributed by atoms with E-state index in [9.17, 15) is 0 Å². The Morgan fingerprint density at radius 1 is 1.12 bits per heavy atom. The Morgan fingerprint density at radius 3 is 2.47 bits per heavy atom. The number of nitrogens with two attached hydrogens (primary N) is 1. The first-order valence-corrected chi connectivity index (χ1v) is 5.32. The van der Waals surface area contributed by atoms with Crippen molar-refractivity contribution < 1.29 is 0 Å². The molecule has 0 radical (unpaired) electrons. The molecule has 0 unspecified atom stereocenters. The van der Waals surface area contributed by atoms with Gasteiger partial charge < -0.3 is 11.1 Å². The van der Waals surface area contributed by atoms with Crippen LogP contribution in [-0.2, 0) is 0 Å². The third-order valence-electron chi connectivity index (χ3n) is 2.49. The predicted molar refractivity (Wildman–Crippen MR) is 70.0 cm³/mol. The maximum absolute atomic E-state index is 9.06. The molecule has 0 aliphatic rings. The van der Waals surface area contributed by atoms with Crippen LogP contribution in [0.15, 0.2) is 42.5 Å². The highest BCUT2D eigenvalue weighted by Gasteiger charge is 2.02. The fourth-order valence-electron chi connectivity index (χ4n) is 1.58. The standard InChI is InChI=1S/C14H13N3/c1-10-2-7-14(11(8-10)9-15)17-13-5-3-12(16)4-6-13/h2-8,17H,16H2,1H3. The molecule has 2 aromatic rings. The average molecular weight is 223 g/mol. The van der Waals surface area contributed by atoms with Gasteiger partial charge in [0.2, 0.25) is 0 Å². The molecule has 0 atom stereocenters. The van der Waals surface area contributed by atoms with Crippen molar-refractivity contribution >= 4 is 17.1 Å². The molecule has 0 aliphatic heterocycles. The molecule has 0 saturated heterocycles. The predicted octanol–water partition coefficient (Wildman–Crippen LogP) is 3.19. The Morgan fingerprint density at radius 2 is 1.82 bits per heavy atom. The summed E-state index contributed by atoms with van der Waals surface area (Å²) in [5, 5.41) is 12.3. The van der Waals surface area contributed by atoms with E-state index in [1.165, 1.54) is 0 Å². The monoisotopic (exact) mass is 223 g/mol. The lowest BCUT2D eigenvalue weighted by molar-refractivity contribution is 1.40. The summed E-state index contributed by atoms with van der Waals surface area (Å²) < 4.78 is 0. The minimum atomic E-state index is 0.641. The van der Waals surface area contributed by atoms with E-state index in [1.54, 1.807) is 0 Å². The Kier molecular flexibility index (Phi) is 2.97. The molecule has 2 rings (SSSR count). The first-order valence-electron chi connectivity index (χ1n) is 5.32. The second-order valence-corrected chi connectivity index (χ2v) is 3.91. The molecule has 0 spiro atoms. The Bertz CT molecular complexity index is 565. The molecule has 0 amide bonds. The summed E-state index contributed by atoms with van der Waals surface area (Å²) in [6, 6.07) is 15.3. The second kappa shape index (κ2) is 4.58. The van der Waals surface area contributed by atoms with E-state index in [-0.39, 0.29) is 0 Å². The minimum absolute atomic E-state index is 0.641. The van der Waals surface area contributed by atoms with Gasteiger partial charge in [0.15, 0.2) is 0 Å². The lowest BCUT2D eigenvalue weighted by Gasteiger charge is -2.09. The van der Waals surface area contributed by atoms with Crippen molar-refractivity contribution in [2.24, 2.45) is 0 Å². The number of aryl methyl sites for hydroxylation is 1. The van der Waals surface area contributed by atoms with Gasteiger partial charge in [-0.1, -0.05) is 6.07 Å². The van der Waals surface area contributed by atoms with Crippen LogP contribution in [0, 0.1) is 18.3 Å². The van der Waals surface area contributed by atoms with Gasteiger partial charge in [-0.05, 0) is 48.9 Å². The van der Waals surface area contributed by atoms with Crippen LogP contribution in [0.2, 0.25) is 0 Å². The molecular formula is C14H13N3. The summed E-state index contributed by atoms with van der Waals surface area (Å²) in [5.74, 6) is 0. The van der Waals surface area contributed by atoms with Crippen molar-refractivity contribution in [2.75, 3.05) is 11.1 Å². The van der Waals surface area contributed by atoms with Gasteiger partial charge in [-0.3, -0.25) is 0 Å². The summed E-state index contributed by atoms with van der Waals surface area (Å²) in [6.45, 7) is 1.97. The molecule has 3 heteroatoms. The molecule has 0 aliphatic carbocycles. The van der Waals surface area contributed by atoms with Crippen molar-refractivity contribution in [3.63, 3.8) is 0 Å². The zero-order valence-electron chi connectivity index (χ0n) is 9.57.